The molecule has 4 amide bonds. The summed E-state index contributed by atoms with van der Waals surface area (Å²) < 4.78 is 28.1. The van der Waals surface area contributed by atoms with E-state index in [1.165, 1.54) is 45.5 Å². The highest BCUT2D eigenvalue weighted by Gasteiger charge is 2.30. The van der Waals surface area contributed by atoms with Gasteiger partial charge in [0.1, 0.15) is 5.00 Å². The van der Waals surface area contributed by atoms with Gasteiger partial charge in [0.15, 0.2) is 0 Å². The molecule has 0 radical (unpaired) electrons. The molecule has 0 spiro atoms. The van der Waals surface area contributed by atoms with Crippen molar-refractivity contribution < 1.29 is 22.8 Å². The quantitative estimate of drug-likeness (QED) is 0.234. The maximum atomic E-state index is 13.3. The van der Waals surface area contributed by atoms with Gasteiger partial charge in [-0.15, -0.1) is 11.3 Å². The molecule has 5 rings (SSSR count). The molecule has 3 aromatic carbocycles. The molecule has 1 aliphatic rings. The number of nitrogens with one attached hydrogen (secondary N) is 2. The van der Waals surface area contributed by atoms with Gasteiger partial charge in [0, 0.05) is 43.2 Å². The van der Waals surface area contributed by atoms with Crippen molar-refractivity contribution in [3.05, 3.63) is 118 Å². The summed E-state index contributed by atoms with van der Waals surface area (Å²) in [6, 6.07) is 24.1. The third-order valence-electron chi connectivity index (χ3n) is 7.38. The predicted molar refractivity (Wildman–Crippen MR) is 170 cm³/mol. The lowest BCUT2D eigenvalue weighted by Gasteiger charge is -2.27. The first-order valence-electron chi connectivity index (χ1n) is 14.1. The van der Waals surface area contributed by atoms with Gasteiger partial charge < -0.3 is 11.1 Å². The van der Waals surface area contributed by atoms with E-state index in [1.54, 1.807) is 6.92 Å². The molecule has 0 atom stereocenters. The Morgan fingerprint density at radius 1 is 0.909 bits per heavy atom. The van der Waals surface area contributed by atoms with Gasteiger partial charge in [-0.2, -0.15) is 4.31 Å². The number of amides is 4. The van der Waals surface area contributed by atoms with E-state index in [-0.39, 0.29) is 29.1 Å². The van der Waals surface area contributed by atoms with Crippen LogP contribution in [-0.2, 0) is 36.1 Å². The monoisotopic (exact) mass is 631 g/mol. The summed E-state index contributed by atoms with van der Waals surface area (Å²) in [5.74, 6) is -1.19. The lowest BCUT2D eigenvalue weighted by Crippen LogP contribution is -2.36. The SMILES string of the molecule is CCN(Cc1ccccc1)S(=O)(=O)c1ccc(C(=O)Nc2sc3c(c2C(=O)NC(N)=O)CCN(Cc2ccccc2)C3)cc1. The summed E-state index contributed by atoms with van der Waals surface area (Å²) >= 11 is 1.28. The molecule has 1 aromatic heterocycles. The molecule has 0 saturated heterocycles. The Hall–Kier alpha value is -4.36. The number of carbonyl (C=O) groups excluding carboxylic acids is 3. The third-order valence-corrected chi connectivity index (χ3v) is 10.5. The normalized spacial score (nSPS) is 13.3. The van der Waals surface area contributed by atoms with E-state index < -0.39 is 27.9 Å². The molecule has 228 valence electrons. The van der Waals surface area contributed by atoms with Crippen molar-refractivity contribution in [1.82, 2.24) is 14.5 Å². The fraction of sp³-hybridized carbons (Fsp3) is 0.219. The Kier molecular flexibility index (Phi) is 9.55. The Morgan fingerprint density at radius 2 is 1.55 bits per heavy atom. The van der Waals surface area contributed by atoms with Gasteiger partial charge in [0.25, 0.3) is 11.8 Å². The number of carbonyl (C=O) groups is 3. The summed E-state index contributed by atoms with van der Waals surface area (Å²) in [5, 5.41) is 5.25. The second-order valence-electron chi connectivity index (χ2n) is 10.4. The molecule has 0 fully saturated rings. The minimum Gasteiger partial charge on any atom is -0.351 e. The van der Waals surface area contributed by atoms with Crippen LogP contribution in [0.3, 0.4) is 0 Å². The predicted octanol–water partition coefficient (Wildman–Crippen LogP) is 4.58. The number of thiophene rings is 1. The van der Waals surface area contributed by atoms with Crippen LogP contribution in [0.2, 0.25) is 0 Å². The smallest absolute Gasteiger partial charge is 0.319 e. The van der Waals surface area contributed by atoms with E-state index in [2.05, 4.69) is 27.7 Å². The number of urea groups is 1. The number of primary amides is 1. The molecular weight excluding hydrogens is 599 g/mol. The number of rotatable bonds is 10. The molecule has 0 saturated carbocycles. The van der Waals surface area contributed by atoms with Crippen LogP contribution < -0.4 is 16.4 Å². The average molecular weight is 632 g/mol. The number of benzene rings is 3. The molecule has 1 aliphatic heterocycles. The van der Waals surface area contributed by atoms with E-state index in [9.17, 15) is 22.8 Å². The average Bonchev–Trinajstić information content (AvgIpc) is 3.37. The van der Waals surface area contributed by atoms with Gasteiger partial charge in [0.2, 0.25) is 10.0 Å². The first kappa shape index (κ1) is 31.1. The molecule has 4 aromatic rings. The van der Waals surface area contributed by atoms with Gasteiger partial charge in [0.05, 0.1) is 10.5 Å². The van der Waals surface area contributed by atoms with Crippen molar-refractivity contribution in [2.24, 2.45) is 5.73 Å². The number of anilines is 1. The zero-order valence-electron chi connectivity index (χ0n) is 24.2. The van der Waals surface area contributed by atoms with Crippen molar-refractivity contribution in [2.45, 2.75) is 37.9 Å². The molecule has 44 heavy (non-hydrogen) atoms. The number of imide groups is 1. The number of hydrogen-bond acceptors (Lipinski definition) is 7. The molecule has 0 bridgehead atoms. The van der Waals surface area contributed by atoms with Crippen LogP contribution >= 0.6 is 11.3 Å². The summed E-state index contributed by atoms with van der Waals surface area (Å²) in [6.07, 6.45) is 0.555. The molecule has 10 nitrogen and oxygen atoms in total. The lowest BCUT2D eigenvalue weighted by molar-refractivity contribution is 0.0965. The fourth-order valence-corrected chi connectivity index (χ4v) is 7.91. The second-order valence-corrected chi connectivity index (χ2v) is 13.4. The highest BCUT2D eigenvalue weighted by molar-refractivity contribution is 7.89. The van der Waals surface area contributed by atoms with Crippen LogP contribution in [0.15, 0.2) is 89.8 Å². The zero-order valence-corrected chi connectivity index (χ0v) is 25.8. The van der Waals surface area contributed by atoms with Crippen molar-refractivity contribution in [1.29, 1.82) is 0 Å². The topological polar surface area (TPSA) is 142 Å². The number of nitrogens with zero attached hydrogens (tertiary/aromatic N) is 2. The van der Waals surface area contributed by atoms with E-state index in [4.69, 9.17) is 5.73 Å². The summed E-state index contributed by atoms with van der Waals surface area (Å²) in [4.78, 5) is 41.1. The first-order chi connectivity index (χ1) is 21.2. The molecule has 0 unspecified atom stereocenters. The first-order valence-corrected chi connectivity index (χ1v) is 16.4. The molecular formula is C32H33N5O5S2. The number of nitrogens with two attached hydrogens (primary N) is 1. The number of hydrogen-bond donors (Lipinski definition) is 3. The maximum Gasteiger partial charge on any atom is 0.319 e. The van der Waals surface area contributed by atoms with E-state index in [0.717, 1.165) is 22.5 Å². The minimum absolute atomic E-state index is 0.0680. The Morgan fingerprint density at radius 3 is 2.16 bits per heavy atom. The minimum atomic E-state index is -3.81. The van der Waals surface area contributed by atoms with E-state index in [1.807, 2.05) is 48.5 Å². The number of sulfonamides is 1. The Labute approximate surface area is 260 Å². The lowest BCUT2D eigenvalue weighted by atomic mass is 10.0. The summed E-state index contributed by atoms with van der Waals surface area (Å²) in [6.45, 7) is 4.28. The zero-order chi connectivity index (χ0) is 31.3. The largest absolute Gasteiger partial charge is 0.351 e. The highest BCUT2D eigenvalue weighted by atomic mass is 32.2. The van der Waals surface area contributed by atoms with Crippen LogP contribution in [0.5, 0.6) is 0 Å². The van der Waals surface area contributed by atoms with Crippen LogP contribution in [0, 0.1) is 0 Å². The van der Waals surface area contributed by atoms with Crippen molar-refractivity contribution in [3.8, 4) is 0 Å². The Bertz CT molecular complexity index is 1760. The standard InChI is InChI=1S/C32H33N5O5S2/c1-2-37(20-23-11-7-4-8-12-23)44(41,42)25-15-13-24(14-16-25)29(38)34-31-28(30(39)35-32(33)40)26-17-18-36(21-27(26)43-31)19-22-9-5-3-6-10-22/h3-16H,2,17-21H2,1H3,(H,34,38)(H3,33,35,39,40). The van der Waals surface area contributed by atoms with Gasteiger partial charge in [-0.3, -0.25) is 19.8 Å². The number of fused-ring (bicyclic) bond motifs is 1. The second kappa shape index (κ2) is 13.5. The Balaban J connectivity index is 1.35. The van der Waals surface area contributed by atoms with Crippen molar-refractivity contribution in [2.75, 3.05) is 18.4 Å². The van der Waals surface area contributed by atoms with Crippen molar-refractivity contribution >= 4 is 44.2 Å². The molecule has 12 heteroatoms. The fourth-order valence-electron chi connectivity index (χ4n) is 5.19. The maximum absolute atomic E-state index is 13.3. The molecule has 4 N–H and O–H groups in total. The molecule has 2 heterocycles. The van der Waals surface area contributed by atoms with Gasteiger partial charge in [-0.05, 0) is 47.4 Å². The van der Waals surface area contributed by atoms with Gasteiger partial charge >= 0.3 is 6.03 Å². The van der Waals surface area contributed by atoms with Crippen molar-refractivity contribution in [3.63, 3.8) is 0 Å². The van der Waals surface area contributed by atoms with Gasteiger partial charge in [-0.25, -0.2) is 13.2 Å². The van der Waals surface area contributed by atoms with E-state index in [0.29, 0.717) is 24.5 Å². The highest BCUT2D eigenvalue weighted by Crippen LogP contribution is 2.38. The summed E-state index contributed by atoms with van der Waals surface area (Å²) in [7, 11) is -3.81. The van der Waals surface area contributed by atoms with Crippen LogP contribution in [0.25, 0.3) is 0 Å². The van der Waals surface area contributed by atoms with Crippen LogP contribution in [0.1, 0.15) is 49.2 Å². The van der Waals surface area contributed by atoms with Crippen LogP contribution in [0.4, 0.5) is 9.80 Å². The summed E-state index contributed by atoms with van der Waals surface area (Å²) in [5.41, 5.74) is 8.47. The van der Waals surface area contributed by atoms with Crippen LogP contribution in [-0.4, -0.2) is 48.6 Å². The van der Waals surface area contributed by atoms with Gasteiger partial charge in [-0.1, -0.05) is 67.6 Å². The third kappa shape index (κ3) is 7.05. The van der Waals surface area contributed by atoms with E-state index >= 15 is 0 Å². The molecule has 0 aliphatic carbocycles.